The van der Waals surface area contributed by atoms with Gasteiger partial charge >= 0.3 is 0 Å². The predicted octanol–water partition coefficient (Wildman–Crippen LogP) is 8.12. The lowest BCUT2D eigenvalue weighted by Crippen LogP contribution is -2.07. The Morgan fingerprint density at radius 3 is 2.20 bits per heavy atom. The molecule has 0 aliphatic rings. The van der Waals surface area contributed by atoms with E-state index in [1.54, 1.807) is 36.4 Å². The summed E-state index contributed by atoms with van der Waals surface area (Å²) in [6.07, 6.45) is 1.37. The molecule has 0 amide bonds. The van der Waals surface area contributed by atoms with E-state index < -0.39 is 5.92 Å². The zero-order valence-corrected chi connectivity index (χ0v) is 21.3. The second kappa shape index (κ2) is 10.6. The fourth-order valence-electron chi connectivity index (χ4n) is 3.49. The first-order valence-corrected chi connectivity index (χ1v) is 11.8. The summed E-state index contributed by atoms with van der Waals surface area (Å²) in [5.74, 6) is 0.191. The van der Waals surface area contributed by atoms with Crippen LogP contribution in [0.2, 0.25) is 20.1 Å². The summed E-state index contributed by atoms with van der Waals surface area (Å²) in [4.78, 5) is 8.48. The number of hydrogen-bond acceptors (Lipinski definition) is 6. The van der Waals surface area contributed by atoms with Crippen molar-refractivity contribution < 1.29 is 0 Å². The maximum atomic E-state index is 9.83. The van der Waals surface area contributed by atoms with Crippen LogP contribution in [0.4, 0.5) is 28.7 Å². The number of aromatic nitrogens is 2. The van der Waals surface area contributed by atoms with E-state index in [9.17, 15) is 5.26 Å². The first-order chi connectivity index (χ1) is 16.8. The number of rotatable bonds is 6. The van der Waals surface area contributed by atoms with Crippen molar-refractivity contribution in [2.24, 2.45) is 0 Å². The average Bonchev–Trinajstić information content (AvgIpc) is 2.84. The second-order valence-corrected chi connectivity index (χ2v) is 9.27. The maximum Gasteiger partial charge on any atom is 0.159 e. The largest absolute Gasteiger partial charge is 0.393 e. The van der Waals surface area contributed by atoms with Gasteiger partial charge in [-0.15, -0.1) is 0 Å². The van der Waals surface area contributed by atoms with Gasteiger partial charge in [-0.25, -0.2) is 9.97 Å². The Morgan fingerprint density at radius 1 is 0.886 bits per heavy atom. The van der Waals surface area contributed by atoms with Crippen molar-refractivity contribution in [1.82, 2.24) is 9.97 Å². The number of hydrogen-bond donors (Lipinski definition) is 3. The number of anilines is 5. The second-order valence-electron chi connectivity index (χ2n) is 7.64. The lowest BCUT2D eigenvalue weighted by atomic mass is 9.91. The molecule has 0 saturated heterocycles. The molecule has 1 atom stereocenters. The van der Waals surface area contributed by atoms with Crippen LogP contribution in [-0.2, 0) is 0 Å². The quantitative estimate of drug-likeness (QED) is 0.227. The Hall–Kier alpha value is -3.21. The van der Waals surface area contributed by atoms with Crippen LogP contribution in [0.1, 0.15) is 22.6 Å². The van der Waals surface area contributed by atoms with E-state index in [0.717, 1.165) is 11.1 Å². The number of nitriles is 1. The summed E-state index contributed by atoms with van der Waals surface area (Å²) in [6.45, 7) is 1.90. The van der Waals surface area contributed by atoms with Crippen LogP contribution in [0.5, 0.6) is 0 Å². The van der Waals surface area contributed by atoms with Crippen LogP contribution >= 0.6 is 46.4 Å². The smallest absolute Gasteiger partial charge is 0.159 e. The Balaban J connectivity index is 1.63. The highest BCUT2D eigenvalue weighted by Gasteiger charge is 2.19. The average molecular weight is 544 g/mol. The summed E-state index contributed by atoms with van der Waals surface area (Å²) < 4.78 is 0. The Bertz CT molecular complexity index is 1430. The summed E-state index contributed by atoms with van der Waals surface area (Å²) in [5.41, 5.74) is 10.2. The Morgan fingerprint density at radius 2 is 1.54 bits per heavy atom. The minimum atomic E-state index is -0.546. The van der Waals surface area contributed by atoms with E-state index in [0.29, 0.717) is 48.7 Å². The molecule has 0 fully saturated rings. The third-order valence-corrected chi connectivity index (χ3v) is 6.73. The third-order valence-electron chi connectivity index (χ3n) is 5.33. The molecule has 6 nitrogen and oxygen atoms in total. The molecule has 3 aromatic carbocycles. The van der Waals surface area contributed by atoms with Crippen molar-refractivity contribution in [1.29, 1.82) is 5.26 Å². The monoisotopic (exact) mass is 542 g/mol. The molecule has 0 radical (unpaired) electrons. The van der Waals surface area contributed by atoms with E-state index in [2.05, 4.69) is 26.7 Å². The number of nitrogen functional groups attached to an aromatic ring is 1. The van der Waals surface area contributed by atoms with Gasteiger partial charge in [0.25, 0.3) is 0 Å². The molecule has 1 aromatic heterocycles. The molecule has 0 bridgehead atoms. The number of halogens is 4. The fourth-order valence-corrected chi connectivity index (χ4v) is 4.24. The molecular weight excluding hydrogens is 526 g/mol. The molecule has 10 heteroatoms. The molecule has 176 valence electrons. The number of benzene rings is 3. The zero-order valence-electron chi connectivity index (χ0n) is 18.3. The lowest BCUT2D eigenvalue weighted by molar-refractivity contribution is 1.03. The molecule has 0 aliphatic carbocycles. The van der Waals surface area contributed by atoms with E-state index >= 15 is 0 Å². The molecule has 4 aromatic rings. The van der Waals surface area contributed by atoms with E-state index in [1.807, 2.05) is 25.1 Å². The van der Waals surface area contributed by atoms with Crippen molar-refractivity contribution in [3.8, 4) is 6.07 Å². The van der Waals surface area contributed by atoms with Gasteiger partial charge in [0, 0.05) is 15.7 Å². The molecular formula is C25H18Cl4N6. The molecule has 0 saturated carbocycles. The van der Waals surface area contributed by atoms with Crippen LogP contribution in [-0.4, -0.2) is 9.97 Å². The number of nitrogens with zero attached hydrogens (tertiary/aromatic N) is 3. The van der Waals surface area contributed by atoms with Crippen molar-refractivity contribution in [2.45, 2.75) is 12.8 Å². The highest BCUT2D eigenvalue weighted by atomic mass is 35.5. The number of aryl methyl sites for hydroxylation is 1. The van der Waals surface area contributed by atoms with Crippen LogP contribution in [0.25, 0.3) is 0 Å². The van der Waals surface area contributed by atoms with Crippen molar-refractivity contribution in [3.05, 3.63) is 97.7 Å². The molecule has 1 unspecified atom stereocenters. The van der Waals surface area contributed by atoms with Gasteiger partial charge in [0.15, 0.2) is 11.6 Å². The van der Waals surface area contributed by atoms with Crippen LogP contribution in [0.3, 0.4) is 0 Å². The van der Waals surface area contributed by atoms with Crippen LogP contribution < -0.4 is 16.4 Å². The van der Waals surface area contributed by atoms with E-state index in [1.165, 1.54) is 6.33 Å². The molecule has 1 heterocycles. The number of nitrogens with one attached hydrogen (secondary N) is 2. The van der Waals surface area contributed by atoms with Crippen LogP contribution in [0.15, 0.2) is 60.9 Å². The molecule has 0 aliphatic heterocycles. The molecule has 35 heavy (non-hydrogen) atoms. The van der Waals surface area contributed by atoms with E-state index in [-0.39, 0.29) is 5.69 Å². The molecule has 0 spiro atoms. The highest BCUT2D eigenvalue weighted by molar-refractivity contribution is 6.43. The zero-order chi connectivity index (χ0) is 25.1. The minimum absolute atomic E-state index is 0.277. The summed E-state index contributed by atoms with van der Waals surface area (Å²) in [5, 5.41) is 17.9. The summed E-state index contributed by atoms with van der Waals surface area (Å²) in [6, 6.07) is 18.3. The van der Waals surface area contributed by atoms with Crippen molar-refractivity contribution in [2.75, 3.05) is 16.4 Å². The van der Waals surface area contributed by atoms with Gasteiger partial charge in [-0.2, -0.15) is 5.26 Å². The molecule has 4 N–H and O–H groups in total. The predicted molar refractivity (Wildman–Crippen MR) is 145 cm³/mol. The Kier molecular flexibility index (Phi) is 7.54. The van der Waals surface area contributed by atoms with Gasteiger partial charge < -0.3 is 16.4 Å². The van der Waals surface area contributed by atoms with Crippen molar-refractivity contribution in [3.63, 3.8) is 0 Å². The van der Waals surface area contributed by atoms with Crippen LogP contribution in [0, 0.1) is 18.3 Å². The maximum absolute atomic E-state index is 9.83. The standard InChI is InChI=1S/C25H18Cl4N6/c1-13-9-16(17(11-30)14-5-7-15(26)8-6-14)19(28)10-21(13)35-25-23(31)24(32-12-33-25)34-20-4-2-3-18(27)22(20)29/h2-10,12,17H,31H2,1H3,(H2,32,33,34,35). The summed E-state index contributed by atoms with van der Waals surface area (Å²) in [7, 11) is 0. The lowest BCUT2D eigenvalue weighted by Gasteiger charge is -2.18. The Labute approximate surface area is 222 Å². The third kappa shape index (κ3) is 5.39. The van der Waals surface area contributed by atoms with Gasteiger partial charge in [-0.05, 0) is 53.9 Å². The number of nitrogens with two attached hydrogens (primary N) is 1. The van der Waals surface area contributed by atoms with E-state index in [4.69, 9.17) is 52.1 Å². The van der Waals surface area contributed by atoms with Crippen molar-refractivity contribution >= 4 is 75.1 Å². The summed E-state index contributed by atoms with van der Waals surface area (Å²) >= 11 is 25.0. The first-order valence-electron chi connectivity index (χ1n) is 10.3. The SMILES string of the molecule is Cc1cc(C(C#N)c2ccc(Cl)cc2)c(Cl)cc1Nc1ncnc(Nc2cccc(Cl)c2Cl)c1N. The van der Waals surface area contributed by atoms with Gasteiger partial charge in [0.1, 0.15) is 12.0 Å². The van der Waals surface area contributed by atoms with Gasteiger partial charge in [-0.1, -0.05) is 70.7 Å². The normalized spacial score (nSPS) is 11.5. The van der Waals surface area contributed by atoms with Gasteiger partial charge in [0.2, 0.25) is 0 Å². The minimum Gasteiger partial charge on any atom is -0.393 e. The topological polar surface area (TPSA) is 99.6 Å². The van der Waals surface area contributed by atoms with Gasteiger partial charge in [0.05, 0.1) is 27.7 Å². The highest BCUT2D eigenvalue weighted by Crippen LogP contribution is 2.37. The van der Waals surface area contributed by atoms with Gasteiger partial charge in [-0.3, -0.25) is 0 Å². The first kappa shape index (κ1) is 24.9. The fraction of sp³-hybridized carbons (Fsp3) is 0.0800. The molecule has 4 rings (SSSR count).